The summed E-state index contributed by atoms with van der Waals surface area (Å²) in [5.41, 5.74) is 13.9. The van der Waals surface area contributed by atoms with Gasteiger partial charge in [0.1, 0.15) is 11.5 Å². The van der Waals surface area contributed by atoms with Crippen molar-refractivity contribution in [1.29, 1.82) is 0 Å². The summed E-state index contributed by atoms with van der Waals surface area (Å²) in [5.74, 6) is 2.67. The second kappa shape index (κ2) is 14.0. The number of benzene rings is 5. The normalized spacial score (nSPS) is 20.3. The predicted octanol–water partition coefficient (Wildman–Crippen LogP) is 13.5. The minimum absolute atomic E-state index is 0.205. The molecule has 0 radical (unpaired) electrons. The number of rotatable bonds is 7. The fourth-order valence-corrected chi connectivity index (χ4v) is 9.05. The van der Waals surface area contributed by atoms with E-state index in [1.165, 1.54) is 66.8 Å². The molecule has 1 heterocycles. The van der Waals surface area contributed by atoms with E-state index in [4.69, 9.17) is 4.74 Å². The summed E-state index contributed by atoms with van der Waals surface area (Å²) in [5, 5.41) is 2.58. The second-order valence-corrected chi connectivity index (χ2v) is 14.9. The van der Waals surface area contributed by atoms with Gasteiger partial charge in [-0.2, -0.15) is 0 Å². The van der Waals surface area contributed by atoms with Crippen LogP contribution in [0.2, 0.25) is 0 Å². The van der Waals surface area contributed by atoms with E-state index in [0.29, 0.717) is 5.92 Å². The molecule has 0 N–H and O–H groups in total. The van der Waals surface area contributed by atoms with Crippen LogP contribution in [0.25, 0.3) is 27.5 Å². The van der Waals surface area contributed by atoms with Crippen LogP contribution in [0.4, 0.5) is 0 Å². The minimum Gasteiger partial charge on any atom is -0.459 e. The van der Waals surface area contributed by atoms with Gasteiger partial charge in [0.15, 0.2) is 0 Å². The molecule has 2 heteroatoms. The van der Waals surface area contributed by atoms with Crippen LogP contribution in [0.5, 0.6) is 5.75 Å². The Hall–Kier alpha value is -6.12. The molecule has 5 aromatic rings. The maximum atomic E-state index is 7.05. The number of allylic oxidation sites excluding steroid dienone is 13. The predicted molar refractivity (Wildman–Crippen MR) is 224 cm³/mol. The highest BCUT2D eigenvalue weighted by Crippen LogP contribution is 2.52. The summed E-state index contributed by atoms with van der Waals surface area (Å²) in [6, 6.07) is 43.7. The Morgan fingerprint density at radius 3 is 2.28 bits per heavy atom. The summed E-state index contributed by atoms with van der Waals surface area (Å²) < 4.78 is 7.05. The van der Waals surface area contributed by atoms with Crippen molar-refractivity contribution in [3.05, 3.63) is 227 Å². The van der Waals surface area contributed by atoms with Crippen LogP contribution < -0.4 is 4.74 Å². The molecule has 5 aliphatic rings. The molecule has 54 heavy (non-hydrogen) atoms. The molecule has 2 unspecified atom stereocenters. The van der Waals surface area contributed by atoms with Crippen LogP contribution in [0, 0.1) is 0 Å². The van der Waals surface area contributed by atoms with Gasteiger partial charge in [0.2, 0.25) is 0 Å². The summed E-state index contributed by atoms with van der Waals surface area (Å²) in [6.45, 7) is 0. The van der Waals surface area contributed by atoms with Crippen LogP contribution in [-0.4, -0.2) is 4.90 Å². The van der Waals surface area contributed by atoms with Crippen molar-refractivity contribution in [2.75, 3.05) is 0 Å². The largest absolute Gasteiger partial charge is 0.459 e. The highest BCUT2D eigenvalue weighted by atomic mass is 16.5. The molecule has 1 aliphatic heterocycles. The van der Waals surface area contributed by atoms with Crippen molar-refractivity contribution in [2.24, 2.45) is 0 Å². The molecule has 10 rings (SSSR count). The second-order valence-electron chi connectivity index (χ2n) is 14.9. The first-order valence-corrected chi connectivity index (χ1v) is 19.6. The molecule has 0 saturated carbocycles. The molecular formula is C52H43NO. The van der Waals surface area contributed by atoms with E-state index < -0.39 is 0 Å². The lowest BCUT2D eigenvalue weighted by Crippen LogP contribution is -2.26. The quantitative estimate of drug-likeness (QED) is 0.168. The van der Waals surface area contributed by atoms with Crippen LogP contribution in [-0.2, 0) is 0 Å². The zero-order chi connectivity index (χ0) is 35.8. The Bertz CT molecular complexity index is 2510. The lowest BCUT2D eigenvalue weighted by atomic mass is 9.83. The summed E-state index contributed by atoms with van der Waals surface area (Å²) in [7, 11) is 0. The number of para-hydroxylation sites is 1. The van der Waals surface area contributed by atoms with Gasteiger partial charge >= 0.3 is 0 Å². The van der Waals surface area contributed by atoms with Crippen LogP contribution in [0.3, 0.4) is 0 Å². The van der Waals surface area contributed by atoms with Crippen molar-refractivity contribution >= 4 is 16.3 Å². The Labute approximate surface area is 318 Å². The lowest BCUT2D eigenvalue weighted by molar-refractivity contribution is 0.420. The molecule has 5 aromatic carbocycles. The number of fused-ring (bicyclic) bond motifs is 4. The Kier molecular flexibility index (Phi) is 8.45. The van der Waals surface area contributed by atoms with Gasteiger partial charge in [-0.15, -0.1) is 0 Å². The van der Waals surface area contributed by atoms with E-state index >= 15 is 0 Å². The standard InChI is InChI=1S/C52H43NO/c1-3-15-36(16-4-1)37-31-33-41(34-32-37)53(42-22-11-21-40(35-42)44-25-12-20-38-19-7-8-23-43(38)44)50-30-10-9-24-46(50)47-27-14-29-49-48-28-13-26-45(51(48)54-52(47)49)39-17-5-2-6-18-39/h1-8,12-21,23-28,30-31,33-35,37,49H,9-11,22,29,32H2. The van der Waals surface area contributed by atoms with Gasteiger partial charge in [0, 0.05) is 51.2 Å². The fraction of sp³-hybridized carbons (Fsp3) is 0.154. The van der Waals surface area contributed by atoms with Gasteiger partial charge in [-0.3, -0.25) is 0 Å². The third kappa shape index (κ3) is 5.83. The fourth-order valence-electron chi connectivity index (χ4n) is 9.05. The van der Waals surface area contributed by atoms with E-state index in [2.05, 4.69) is 181 Å². The van der Waals surface area contributed by atoms with E-state index in [-0.39, 0.29) is 5.92 Å². The van der Waals surface area contributed by atoms with Crippen molar-refractivity contribution in [2.45, 2.75) is 50.4 Å². The highest BCUT2D eigenvalue weighted by molar-refractivity contribution is 5.96. The molecule has 4 aliphatic carbocycles. The van der Waals surface area contributed by atoms with Crippen molar-refractivity contribution in [3.63, 3.8) is 0 Å². The van der Waals surface area contributed by atoms with Crippen molar-refractivity contribution < 1.29 is 4.74 Å². The van der Waals surface area contributed by atoms with E-state index in [1.54, 1.807) is 0 Å². The molecule has 0 amide bonds. The average molecular weight is 698 g/mol. The van der Waals surface area contributed by atoms with Gasteiger partial charge in [-0.1, -0.05) is 164 Å². The SMILES string of the molecule is C1=CC(C2=CCCC=C2N(C2=CCC(c3ccccc3)C=C2)C2=CC(c3cccc4ccccc34)=CCC2)=C2Oc3c(-c4ccccc4)cccc3C2C1. The Morgan fingerprint density at radius 2 is 1.41 bits per heavy atom. The summed E-state index contributed by atoms with van der Waals surface area (Å²) >= 11 is 0. The molecule has 0 fully saturated rings. The van der Waals surface area contributed by atoms with E-state index in [1.807, 2.05) is 0 Å². The molecule has 2 nitrogen and oxygen atoms in total. The zero-order valence-electron chi connectivity index (χ0n) is 30.5. The van der Waals surface area contributed by atoms with Crippen LogP contribution in [0.15, 0.2) is 210 Å². The number of hydrogen-bond acceptors (Lipinski definition) is 2. The van der Waals surface area contributed by atoms with Gasteiger partial charge < -0.3 is 9.64 Å². The summed E-state index contributed by atoms with van der Waals surface area (Å²) in [4.78, 5) is 2.59. The van der Waals surface area contributed by atoms with Crippen LogP contribution in [0.1, 0.15) is 67.1 Å². The first-order chi connectivity index (χ1) is 26.8. The smallest absolute Gasteiger partial charge is 0.138 e. The first-order valence-electron chi connectivity index (χ1n) is 19.6. The van der Waals surface area contributed by atoms with E-state index in [0.717, 1.165) is 55.6 Å². The monoisotopic (exact) mass is 697 g/mol. The van der Waals surface area contributed by atoms with Crippen molar-refractivity contribution in [1.82, 2.24) is 4.90 Å². The molecule has 0 aromatic heterocycles. The van der Waals surface area contributed by atoms with Gasteiger partial charge in [-0.05, 0) is 83.7 Å². The third-order valence-corrected chi connectivity index (χ3v) is 11.7. The summed E-state index contributed by atoms with van der Waals surface area (Å²) in [6.07, 6.45) is 27.7. The maximum Gasteiger partial charge on any atom is 0.138 e. The lowest BCUT2D eigenvalue weighted by Gasteiger charge is -2.37. The highest BCUT2D eigenvalue weighted by Gasteiger charge is 2.37. The number of ether oxygens (including phenoxy) is 1. The van der Waals surface area contributed by atoms with Crippen molar-refractivity contribution in [3.8, 4) is 16.9 Å². The number of nitrogens with zero attached hydrogens (tertiary/aromatic N) is 1. The Balaban J connectivity index is 1.07. The number of hydrogen-bond donors (Lipinski definition) is 0. The van der Waals surface area contributed by atoms with Crippen LogP contribution >= 0.6 is 0 Å². The maximum absolute atomic E-state index is 7.05. The molecule has 2 atom stereocenters. The third-order valence-electron chi connectivity index (χ3n) is 11.7. The van der Waals surface area contributed by atoms with Gasteiger partial charge in [0.25, 0.3) is 0 Å². The molecule has 262 valence electrons. The Morgan fingerprint density at radius 1 is 0.630 bits per heavy atom. The minimum atomic E-state index is 0.205. The molecular weight excluding hydrogens is 655 g/mol. The van der Waals surface area contributed by atoms with Gasteiger partial charge in [-0.25, -0.2) is 0 Å². The van der Waals surface area contributed by atoms with Gasteiger partial charge in [0.05, 0.1) is 0 Å². The van der Waals surface area contributed by atoms with E-state index in [9.17, 15) is 0 Å². The molecule has 0 bridgehead atoms. The zero-order valence-corrected chi connectivity index (χ0v) is 30.5. The first kappa shape index (κ1) is 32.5. The topological polar surface area (TPSA) is 12.5 Å². The molecule has 0 saturated heterocycles. The molecule has 0 spiro atoms. The average Bonchev–Trinajstić information content (AvgIpc) is 3.64.